The number of allylic oxidation sites excluding steroid dienone is 2. The van der Waals surface area contributed by atoms with Gasteiger partial charge in [0.05, 0.1) is 17.2 Å². The van der Waals surface area contributed by atoms with Gasteiger partial charge in [-0.2, -0.15) is 0 Å². The van der Waals surface area contributed by atoms with E-state index in [2.05, 4.69) is 39.1 Å². The van der Waals surface area contributed by atoms with E-state index in [1.165, 1.54) is 6.92 Å². The van der Waals surface area contributed by atoms with Gasteiger partial charge in [-0.3, -0.25) is 9.59 Å². The summed E-state index contributed by atoms with van der Waals surface area (Å²) in [7, 11) is 0. The molecule has 62 heavy (non-hydrogen) atoms. The quantitative estimate of drug-likeness (QED) is 0.0563. The topological polar surface area (TPSA) is 154 Å². The molecule has 4 N–H and O–H groups in total. The Hall–Kier alpha value is -5.22. The van der Waals surface area contributed by atoms with Crippen LogP contribution in [0.4, 0.5) is 11.4 Å². The zero-order valence-electron chi connectivity index (χ0n) is 37.4. The smallest absolute Gasteiger partial charge is 0.339 e. The van der Waals surface area contributed by atoms with Gasteiger partial charge >= 0.3 is 17.9 Å². The fraction of sp³-hybridized carbons (Fsp3) is 0.500. The standard InChI is InChI=1S/C52H64N2O8/c1-31(2)14-13-19-39(48(58)60-30-34-15-9-8-10-16-34)45-41-28-42(56)46-50(5)26-25-43(32(3)40(50)24-27-51(46,6)52(41,7)29-44(45)61-33(4)55)62-49(59)38-18-12-11-17-37(38)47(57)54-36-22-20-35(53)21-23-36/h8-12,14-18,20-23,32,40-44,46,56H,13,19,24-30,53H2,1-7H3,(H,54,57)/b45-39-/t32-,40-,41-,42+,43+,44-,46-,50-,51-,52-/m0/s1. The summed E-state index contributed by atoms with van der Waals surface area (Å²) in [6.45, 7) is 14.7. The molecule has 10 atom stereocenters. The van der Waals surface area contributed by atoms with E-state index in [1.54, 1.807) is 48.5 Å². The Morgan fingerprint density at radius 3 is 2.21 bits per heavy atom. The first kappa shape index (κ1) is 44.8. The molecule has 0 heterocycles. The van der Waals surface area contributed by atoms with Gasteiger partial charge in [-0.25, -0.2) is 9.59 Å². The number of benzene rings is 3. The van der Waals surface area contributed by atoms with Crippen molar-refractivity contribution in [2.75, 3.05) is 11.1 Å². The van der Waals surface area contributed by atoms with Crippen LogP contribution < -0.4 is 11.1 Å². The molecule has 4 fully saturated rings. The third-order valence-electron chi connectivity index (χ3n) is 15.6. The lowest BCUT2D eigenvalue weighted by molar-refractivity contribution is -0.234. The summed E-state index contributed by atoms with van der Waals surface area (Å²) in [5, 5.41) is 15.5. The van der Waals surface area contributed by atoms with Crippen molar-refractivity contribution in [3.63, 3.8) is 0 Å². The molecule has 4 aliphatic rings. The number of hydrogen-bond donors (Lipinski definition) is 3. The first-order chi connectivity index (χ1) is 29.5. The molecule has 4 saturated carbocycles. The average molecular weight is 845 g/mol. The van der Waals surface area contributed by atoms with Crippen LogP contribution in [-0.4, -0.2) is 47.2 Å². The first-order valence-electron chi connectivity index (χ1n) is 22.4. The van der Waals surface area contributed by atoms with E-state index >= 15 is 0 Å². The third kappa shape index (κ3) is 8.47. The fourth-order valence-electron chi connectivity index (χ4n) is 12.6. The Kier molecular flexibility index (Phi) is 12.9. The van der Waals surface area contributed by atoms with E-state index in [0.717, 1.165) is 36.0 Å². The second-order valence-electron chi connectivity index (χ2n) is 19.4. The SMILES string of the molecule is CC(=O)O[C@H]1C[C@@]2(C)[C@@H](C[C@@H](O)[C@H]3[C@@]4(C)CC[C@@H](OC(=O)c5ccccc5C(=O)Nc5ccc(N)cc5)[C@@H](C)[C@@H]4CC[C@@]32C)/C1=C(\CCC=C(C)C)C(=O)OCc1ccccc1. The normalized spacial score (nSPS) is 31.9. The van der Waals surface area contributed by atoms with E-state index in [4.69, 9.17) is 19.9 Å². The highest BCUT2D eigenvalue weighted by atomic mass is 16.6. The lowest BCUT2D eigenvalue weighted by Crippen LogP contribution is -2.65. The van der Waals surface area contributed by atoms with Crippen molar-refractivity contribution >= 4 is 35.2 Å². The summed E-state index contributed by atoms with van der Waals surface area (Å²) in [6, 6.07) is 23.1. The molecule has 1 amide bonds. The Morgan fingerprint density at radius 1 is 0.855 bits per heavy atom. The Balaban J connectivity index is 1.15. The van der Waals surface area contributed by atoms with Crippen LogP contribution in [0.25, 0.3) is 0 Å². The predicted molar refractivity (Wildman–Crippen MR) is 240 cm³/mol. The minimum atomic E-state index is -0.686. The summed E-state index contributed by atoms with van der Waals surface area (Å²) < 4.78 is 18.5. The van der Waals surface area contributed by atoms with Gasteiger partial charge < -0.3 is 30.4 Å². The van der Waals surface area contributed by atoms with Gasteiger partial charge in [-0.15, -0.1) is 0 Å². The first-order valence-corrected chi connectivity index (χ1v) is 22.4. The Labute approximate surface area is 366 Å². The van der Waals surface area contributed by atoms with Gasteiger partial charge in [0.2, 0.25) is 0 Å². The molecule has 0 unspecified atom stereocenters. The zero-order valence-corrected chi connectivity index (χ0v) is 37.4. The number of anilines is 2. The van der Waals surface area contributed by atoms with Gasteiger partial charge in [-0.1, -0.05) is 81.8 Å². The van der Waals surface area contributed by atoms with Crippen LogP contribution in [0.15, 0.2) is 102 Å². The number of nitrogens with two attached hydrogens (primary N) is 1. The molecule has 330 valence electrons. The number of aliphatic hydroxyl groups is 1. The van der Waals surface area contributed by atoms with Gasteiger partial charge in [0.25, 0.3) is 5.91 Å². The van der Waals surface area contributed by atoms with Crippen molar-refractivity contribution in [3.8, 4) is 0 Å². The molecule has 3 aromatic carbocycles. The second-order valence-corrected chi connectivity index (χ2v) is 19.4. The van der Waals surface area contributed by atoms with Crippen molar-refractivity contribution in [2.45, 2.75) is 125 Å². The number of rotatable bonds is 11. The lowest BCUT2D eigenvalue weighted by atomic mass is 9.36. The highest BCUT2D eigenvalue weighted by Gasteiger charge is 2.71. The molecule has 0 saturated heterocycles. The van der Waals surface area contributed by atoms with Crippen LogP contribution in [0.3, 0.4) is 0 Å². The molecule has 0 spiro atoms. The highest BCUT2D eigenvalue weighted by molar-refractivity contribution is 6.11. The second kappa shape index (κ2) is 17.9. The summed E-state index contributed by atoms with van der Waals surface area (Å²) in [5.41, 5.74) is 9.71. The van der Waals surface area contributed by atoms with Crippen molar-refractivity contribution < 1.29 is 38.5 Å². The number of esters is 3. The monoisotopic (exact) mass is 844 g/mol. The van der Waals surface area contributed by atoms with Crippen LogP contribution in [0, 0.1) is 39.9 Å². The Morgan fingerprint density at radius 2 is 1.53 bits per heavy atom. The van der Waals surface area contributed by atoms with Gasteiger partial charge in [0.15, 0.2) is 0 Å². The maximum Gasteiger partial charge on any atom is 0.339 e. The molecular formula is C52H64N2O8. The largest absolute Gasteiger partial charge is 0.458 e. The molecule has 10 nitrogen and oxygen atoms in total. The van der Waals surface area contributed by atoms with E-state index in [0.29, 0.717) is 49.1 Å². The van der Waals surface area contributed by atoms with Crippen molar-refractivity contribution in [1.29, 1.82) is 0 Å². The third-order valence-corrected chi connectivity index (χ3v) is 15.6. The zero-order chi connectivity index (χ0) is 44.6. The summed E-state index contributed by atoms with van der Waals surface area (Å²) >= 11 is 0. The number of ether oxygens (including phenoxy) is 3. The van der Waals surface area contributed by atoms with E-state index < -0.39 is 41.4 Å². The number of amides is 1. The van der Waals surface area contributed by atoms with Crippen LogP contribution in [0.2, 0.25) is 0 Å². The van der Waals surface area contributed by atoms with Gasteiger partial charge in [0.1, 0.15) is 18.8 Å². The molecule has 3 aromatic rings. The van der Waals surface area contributed by atoms with Gasteiger partial charge in [0, 0.05) is 23.9 Å². The van der Waals surface area contributed by atoms with Crippen LogP contribution in [-0.2, 0) is 30.4 Å². The minimum absolute atomic E-state index is 0.00959. The number of carbonyl (C=O) groups is 4. The molecule has 0 aromatic heterocycles. The van der Waals surface area contributed by atoms with Crippen molar-refractivity contribution in [1.82, 2.24) is 0 Å². The maximum atomic E-state index is 14.3. The van der Waals surface area contributed by atoms with E-state index in [1.807, 2.05) is 44.2 Å². The number of nitrogen functional groups attached to an aromatic ring is 1. The number of carbonyl (C=O) groups excluding carboxylic acids is 4. The van der Waals surface area contributed by atoms with Crippen molar-refractivity contribution in [2.24, 2.45) is 39.9 Å². The number of hydrogen-bond acceptors (Lipinski definition) is 9. The molecule has 0 radical (unpaired) electrons. The molecule has 0 aliphatic heterocycles. The number of fused-ring (bicyclic) bond motifs is 5. The highest BCUT2D eigenvalue weighted by Crippen LogP contribution is 2.74. The summed E-state index contributed by atoms with van der Waals surface area (Å²) in [5.74, 6) is -1.92. The van der Waals surface area contributed by atoms with Crippen molar-refractivity contribution in [3.05, 3.63) is 118 Å². The number of nitrogens with one attached hydrogen (secondary N) is 1. The molecule has 7 rings (SSSR count). The average Bonchev–Trinajstić information content (AvgIpc) is 3.51. The number of aliphatic hydroxyl groups excluding tert-OH is 1. The van der Waals surface area contributed by atoms with Crippen LogP contribution in [0.1, 0.15) is 126 Å². The lowest BCUT2D eigenvalue weighted by Gasteiger charge is -2.69. The fourth-order valence-corrected chi connectivity index (χ4v) is 12.6. The van der Waals surface area contributed by atoms with Crippen LogP contribution in [0.5, 0.6) is 0 Å². The Bertz CT molecular complexity index is 2230. The summed E-state index contributed by atoms with van der Waals surface area (Å²) in [4.78, 5) is 54.4. The molecule has 10 heteroatoms. The molecule has 0 bridgehead atoms. The van der Waals surface area contributed by atoms with Gasteiger partial charge in [-0.05, 0) is 153 Å². The predicted octanol–water partition coefficient (Wildman–Crippen LogP) is 10.0. The van der Waals surface area contributed by atoms with E-state index in [-0.39, 0.29) is 58.3 Å². The van der Waals surface area contributed by atoms with E-state index in [9.17, 15) is 24.3 Å². The molecule has 4 aliphatic carbocycles. The molecular weight excluding hydrogens is 781 g/mol. The maximum absolute atomic E-state index is 14.3. The summed E-state index contributed by atoms with van der Waals surface area (Å²) in [6.07, 6.45) is 5.51. The van der Waals surface area contributed by atoms with Crippen LogP contribution >= 0.6 is 0 Å². The minimum Gasteiger partial charge on any atom is -0.458 e.